The van der Waals surface area contributed by atoms with Gasteiger partial charge in [0.05, 0.1) is 6.10 Å². The molecular formula is C12H14ClF3N2O2. The lowest BCUT2D eigenvalue weighted by molar-refractivity contribution is -0.141. The van der Waals surface area contributed by atoms with Gasteiger partial charge in [0.1, 0.15) is 6.10 Å². The van der Waals surface area contributed by atoms with Crippen LogP contribution in [0.25, 0.3) is 0 Å². The minimum absolute atomic E-state index is 0.0631. The molecular weight excluding hydrogens is 297 g/mol. The van der Waals surface area contributed by atoms with E-state index < -0.39 is 17.2 Å². The number of aromatic nitrogens is 2. The van der Waals surface area contributed by atoms with Gasteiger partial charge in [0.2, 0.25) is 11.2 Å². The SMILES string of the molecule is COC1CCCC(Oc2cc(C(F)(F)F)nc(Cl)n2)C1. The fraction of sp³-hybridized carbons (Fsp3) is 0.667. The Morgan fingerprint density at radius 2 is 1.95 bits per heavy atom. The lowest BCUT2D eigenvalue weighted by Gasteiger charge is -2.28. The van der Waals surface area contributed by atoms with E-state index in [9.17, 15) is 13.2 Å². The molecule has 0 radical (unpaired) electrons. The summed E-state index contributed by atoms with van der Waals surface area (Å²) in [6.07, 6.45) is -1.54. The Hall–Kier alpha value is -1.08. The van der Waals surface area contributed by atoms with Crippen LogP contribution in [-0.2, 0) is 10.9 Å². The summed E-state index contributed by atoms with van der Waals surface area (Å²) in [5.74, 6) is -0.154. The third kappa shape index (κ3) is 3.96. The van der Waals surface area contributed by atoms with Gasteiger partial charge in [-0.15, -0.1) is 0 Å². The highest BCUT2D eigenvalue weighted by molar-refractivity contribution is 6.28. The number of methoxy groups -OCH3 is 1. The molecule has 0 spiro atoms. The predicted molar refractivity (Wildman–Crippen MR) is 65.7 cm³/mol. The third-order valence-electron chi connectivity index (χ3n) is 3.16. The molecule has 0 N–H and O–H groups in total. The second-order valence-electron chi connectivity index (χ2n) is 4.62. The molecule has 1 aliphatic rings. The first-order valence-electron chi connectivity index (χ1n) is 6.19. The van der Waals surface area contributed by atoms with Gasteiger partial charge in [-0.25, -0.2) is 4.98 Å². The van der Waals surface area contributed by atoms with E-state index in [1.807, 2.05) is 0 Å². The molecule has 2 unspecified atom stereocenters. The average molecular weight is 311 g/mol. The molecule has 1 saturated carbocycles. The van der Waals surface area contributed by atoms with Crippen molar-refractivity contribution in [1.82, 2.24) is 9.97 Å². The molecule has 2 atom stereocenters. The van der Waals surface area contributed by atoms with Gasteiger partial charge in [-0.1, -0.05) is 0 Å². The fourth-order valence-corrected chi connectivity index (χ4v) is 2.37. The van der Waals surface area contributed by atoms with Gasteiger partial charge >= 0.3 is 6.18 Å². The van der Waals surface area contributed by atoms with Crippen LogP contribution in [-0.4, -0.2) is 29.3 Å². The maximum absolute atomic E-state index is 12.6. The van der Waals surface area contributed by atoms with E-state index in [1.165, 1.54) is 0 Å². The maximum atomic E-state index is 12.6. The Labute approximate surface area is 119 Å². The van der Waals surface area contributed by atoms with Crippen LogP contribution < -0.4 is 4.74 Å². The molecule has 1 aliphatic carbocycles. The molecule has 0 aromatic carbocycles. The third-order valence-corrected chi connectivity index (χ3v) is 3.33. The lowest BCUT2D eigenvalue weighted by atomic mass is 9.95. The number of rotatable bonds is 3. The molecule has 20 heavy (non-hydrogen) atoms. The van der Waals surface area contributed by atoms with Crippen LogP contribution in [0.2, 0.25) is 5.28 Å². The quantitative estimate of drug-likeness (QED) is 0.802. The standard InChI is InChI=1S/C12H14ClF3N2O2/c1-19-7-3-2-4-8(5-7)20-10-6-9(12(14,15)16)17-11(13)18-10/h6-8H,2-5H2,1H3. The predicted octanol–water partition coefficient (Wildman–Crippen LogP) is 3.49. The Bertz CT molecular complexity index is 471. The largest absolute Gasteiger partial charge is 0.474 e. The summed E-state index contributed by atoms with van der Waals surface area (Å²) in [7, 11) is 1.61. The summed E-state index contributed by atoms with van der Waals surface area (Å²) in [6.45, 7) is 0. The smallest absolute Gasteiger partial charge is 0.433 e. The first-order valence-corrected chi connectivity index (χ1v) is 6.57. The molecule has 8 heteroatoms. The summed E-state index contributed by atoms with van der Waals surface area (Å²) in [4.78, 5) is 6.84. The Morgan fingerprint density at radius 1 is 1.25 bits per heavy atom. The van der Waals surface area contributed by atoms with Gasteiger partial charge in [0.15, 0.2) is 5.69 Å². The number of nitrogens with zero attached hydrogens (tertiary/aromatic N) is 2. The van der Waals surface area contributed by atoms with Gasteiger partial charge < -0.3 is 9.47 Å². The molecule has 1 fully saturated rings. The molecule has 1 aromatic heterocycles. The number of alkyl halides is 3. The van der Waals surface area contributed by atoms with Crippen molar-refractivity contribution >= 4 is 11.6 Å². The lowest BCUT2D eigenvalue weighted by Crippen LogP contribution is -2.29. The van der Waals surface area contributed by atoms with E-state index in [2.05, 4.69) is 9.97 Å². The van der Waals surface area contributed by atoms with Gasteiger partial charge in [-0.2, -0.15) is 18.2 Å². The van der Waals surface area contributed by atoms with Gasteiger partial charge in [0, 0.05) is 19.6 Å². The Morgan fingerprint density at radius 3 is 2.60 bits per heavy atom. The van der Waals surface area contributed by atoms with Gasteiger partial charge in [-0.3, -0.25) is 0 Å². The van der Waals surface area contributed by atoms with E-state index in [0.29, 0.717) is 6.42 Å². The highest BCUT2D eigenvalue weighted by Crippen LogP contribution is 2.31. The van der Waals surface area contributed by atoms with Crippen molar-refractivity contribution in [3.05, 3.63) is 17.0 Å². The summed E-state index contributed by atoms with van der Waals surface area (Å²) >= 11 is 5.50. The number of halogens is 4. The molecule has 1 aromatic rings. The highest BCUT2D eigenvalue weighted by atomic mass is 35.5. The van der Waals surface area contributed by atoms with Crippen molar-refractivity contribution in [2.24, 2.45) is 0 Å². The van der Waals surface area contributed by atoms with Crippen molar-refractivity contribution in [1.29, 1.82) is 0 Å². The highest BCUT2D eigenvalue weighted by Gasteiger charge is 2.34. The monoisotopic (exact) mass is 310 g/mol. The molecule has 2 rings (SSSR count). The second-order valence-corrected chi connectivity index (χ2v) is 4.96. The van der Waals surface area contributed by atoms with E-state index in [1.54, 1.807) is 7.11 Å². The normalized spacial score (nSPS) is 23.6. The topological polar surface area (TPSA) is 44.2 Å². The van der Waals surface area contributed by atoms with Crippen LogP contribution in [0.5, 0.6) is 5.88 Å². The van der Waals surface area contributed by atoms with Crippen molar-refractivity contribution < 1.29 is 22.6 Å². The minimum Gasteiger partial charge on any atom is -0.474 e. The van der Waals surface area contributed by atoms with Crippen molar-refractivity contribution in [2.45, 2.75) is 44.1 Å². The van der Waals surface area contributed by atoms with Gasteiger partial charge in [-0.05, 0) is 30.9 Å². The molecule has 0 saturated heterocycles. The van der Waals surface area contributed by atoms with Crippen LogP contribution in [0, 0.1) is 0 Å². The average Bonchev–Trinajstić information content (AvgIpc) is 2.37. The Balaban J connectivity index is 2.11. The number of hydrogen-bond donors (Lipinski definition) is 0. The molecule has 0 bridgehead atoms. The van der Waals surface area contributed by atoms with E-state index in [4.69, 9.17) is 21.1 Å². The summed E-state index contributed by atoms with van der Waals surface area (Å²) in [6, 6.07) is 0.766. The summed E-state index contributed by atoms with van der Waals surface area (Å²) in [5.41, 5.74) is -1.10. The zero-order chi connectivity index (χ0) is 14.8. The maximum Gasteiger partial charge on any atom is 0.433 e. The zero-order valence-corrected chi connectivity index (χ0v) is 11.5. The van der Waals surface area contributed by atoms with Crippen LogP contribution in [0.4, 0.5) is 13.2 Å². The van der Waals surface area contributed by atoms with Crippen molar-refractivity contribution in [3.8, 4) is 5.88 Å². The van der Waals surface area contributed by atoms with Gasteiger partial charge in [0.25, 0.3) is 0 Å². The summed E-state index contributed by atoms with van der Waals surface area (Å²) in [5, 5.41) is -0.478. The van der Waals surface area contributed by atoms with E-state index >= 15 is 0 Å². The fourth-order valence-electron chi connectivity index (χ4n) is 2.20. The molecule has 0 amide bonds. The van der Waals surface area contributed by atoms with Crippen LogP contribution in [0.1, 0.15) is 31.4 Å². The van der Waals surface area contributed by atoms with Crippen LogP contribution >= 0.6 is 11.6 Å². The molecule has 0 aliphatic heterocycles. The van der Waals surface area contributed by atoms with E-state index in [0.717, 1.165) is 25.3 Å². The first-order chi connectivity index (χ1) is 9.38. The number of hydrogen-bond acceptors (Lipinski definition) is 4. The molecule has 1 heterocycles. The summed E-state index contributed by atoms with van der Waals surface area (Å²) < 4.78 is 48.6. The zero-order valence-electron chi connectivity index (χ0n) is 10.8. The number of ether oxygens (including phenoxy) is 2. The van der Waals surface area contributed by atoms with Crippen LogP contribution in [0.3, 0.4) is 0 Å². The minimum atomic E-state index is -4.58. The van der Waals surface area contributed by atoms with Crippen LogP contribution in [0.15, 0.2) is 6.07 Å². The van der Waals surface area contributed by atoms with E-state index in [-0.39, 0.29) is 18.1 Å². The van der Waals surface area contributed by atoms with Crippen molar-refractivity contribution in [3.63, 3.8) is 0 Å². The second kappa shape index (κ2) is 6.13. The molecule has 4 nitrogen and oxygen atoms in total. The Kier molecular flexibility index (Phi) is 4.70. The molecule has 112 valence electrons. The van der Waals surface area contributed by atoms with Crippen molar-refractivity contribution in [2.75, 3.05) is 7.11 Å². The first kappa shape index (κ1) is 15.3.